The Morgan fingerprint density at radius 2 is 1.89 bits per heavy atom. The smallest absolute Gasteiger partial charge is 0.311 e. The fourth-order valence-electron chi connectivity index (χ4n) is 3.10. The molecule has 1 aromatic heterocycles. The third kappa shape index (κ3) is 7.60. The third-order valence-corrected chi connectivity index (χ3v) is 5.29. The molecule has 0 saturated carbocycles. The lowest BCUT2D eigenvalue weighted by atomic mass is 9.91. The lowest BCUT2D eigenvalue weighted by Crippen LogP contribution is -2.23. The number of para-hydroxylation sites is 1. The number of anilines is 2. The molecular weight excluding hydrogens is 493 g/mol. The van der Waals surface area contributed by atoms with E-state index in [9.17, 15) is 9.59 Å². The zero-order valence-electron chi connectivity index (χ0n) is 19.9. The first-order valence-electron chi connectivity index (χ1n) is 10.8. The molecule has 3 aromatic rings. The summed E-state index contributed by atoms with van der Waals surface area (Å²) >= 11 is 12.0. The molecule has 0 aliphatic heterocycles. The van der Waals surface area contributed by atoms with Gasteiger partial charge in [-0.05, 0) is 42.2 Å². The van der Waals surface area contributed by atoms with E-state index in [1.807, 2.05) is 0 Å². The molecule has 2 aromatic carbocycles. The Morgan fingerprint density at radius 1 is 1.11 bits per heavy atom. The molecule has 1 heterocycles. The van der Waals surface area contributed by atoms with Crippen LogP contribution in [-0.4, -0.2) is 40.5 Å². The first kappa shape index (κ1) is 26.3. The Bertz CT molecular complexity index is 1210. The van der Waals surface area contributed by atoms with E-state index in [-0.39, 0.29) is 41.2 Å². The first-order valence-corrected chi connectivity index (χ1v) is 11.6. The lowest BCUT2D eigenvalue weighted by Gasteiger charge is -2.18. The van der Waals surface area contributed by atoms with E-state index in [1.165, 1.54) is 18.0 Å². The summed E-state index contributed by atoms with van der Waals surface area (Å²) in [4.78, 5) is 25.2. The number of hydrogen-bond acceptors (Lipinski definition) is 7. The minimum Gasteiger partial charge on any atom is -0.493 e. The minimum absolute atomic E-state index is 0.00425. The number of esters is 1. The summed E-state index contributed by atoms with van der Waals surface area (Å²) in [6.07, 6.45) is 2.44. The highest BCUT2D eigenvalue weighted by atomic mass is 35.5. The van der Waals surface area contributed by atoms with Crippen molar-refractivity contribution in [2.24, 2.45) is 5.41 Å². The van der Waals surface area contributed by atoms with Crippen molar-refractivity contribution < 1.29 is 19.1 Å². The molecule has 0 saturated heterocycles. The highest BCUT2D eigenvalue weighted by Gasteiger charge is 2.19. The maximum atomic E-state index is 12.8. The average Bonchev–Trinajstić information content (AvgIpc) is 3.22. The molecule has 0 aliphatic rings. The van der Waals surface area contributed by atoms with Crippen LogP contribution in [0.3, 0.4) is 0 Å². The zero-order chi connectivity index (χ0) is 25.6. The number of hydrogen-bond donors (Lipinski definition) is 2. The molecule has 1 amide bonds. The van der Waals surface area contributed by atoms with Gasteiger partial charge in [-0.2, -0.15) is 0 Å². The molecule has 0 fully saturated rings. The van der Waals surface area contributed by atoms with Crippen molar-refractivity contribution in [3.05, 3.63) is 52.8 Å². The topological polar surface area (TPSA) is 107 Å². The van der Waals surface area contributed by atoms with Crippen LogP contribution in [0.4, 0.5) is 11.4 Å². The maximum absolute atomic E-state index is 12.8. The predicted molar refractivity (Wildman–Crippen MR) is 136 cm³/mol. The monoisotopic (exact) mass is 519 g/mol. The summed E-state index contributed by atoms with van der Waals surface area (Å²) in [6.45, 7) is 6.04. The van der Waals surface area contributed by atoms with E-state index in [0.717, 1.165) is 0 Å². The van der Waals surface area contributed by atoms with Gasteiger partial charge >= 0.3 is 5.97 Å². The summed E-state index contributed by atoms with van der Waals surface area (Å²) < 4.78 is 12.4. The fourth-order valence-corrected chi connectivity index (χ4v) is 3.40. The molecule has 0 aliphatic carbocycles. The molecule has 3 rings (SSSR count). The van der Waals surface area contributed by atoms with Crippen molar-refractivity contribution >= 4 is 46.5 Å². The van der Waals surface area contributed by atoms with Gasteiger partial charge in [0, 0.05) is 11.4 Å². The van der Waals surface area contributed by atoms with Crippen molar-refractivity contribution in [3.8, 4) is 17.2 Å². The van der Waals surface area contributed by atoms with Gasteiger partial charge < -0.3 is 20.1 Å². The van der Waals surface area contributed by atoms with Crippen LogP contribution in [0.5, 0.6) is 11.5 Å². The minimum atomic E-state index is -0.382. The molecule has 0 bridgehead atoms. The molecule has 11 heteroatoms. The number of nitrogens with zero attached hydrogens (tertiary/aromatic N) is 3. The number of amides is 1. The van der Waals surface area contributed by atoms with E-state index < -0.39 is 0 Å². The molecule has 0 radical (unpaired) electrons. The van der Waals surface area contributed by atoms with Crippen LogP contribution in [0, 0.1) is 5.41 Å². The molecule has 0 unspecified atom stereocenters. The Morgan fingerprint density at radius 3 is 2.54 bits per heavy atom. The number of carbonyl (C=O) groups excluding carboxylic acids is 2. The van der Waals surface area contributed by atoms with Crippen LogP contribution in [0.15, 0.2) is 42.6 Å². The van der Waals surface area contributed by atoms with Crippen molar-refractivity contribution in [3.63, 3.8) is 0 Å². The van der Waals surface area contributed by atoms with Gasteiger partial charge in [0.1, 0.15) is 0 Å². The number of carbonyl (C=O) groups is 2. The standard InChI is InChI=1S/C24H27Cl2N5O4/c1-24(2,3)11-10-22(33)35-23-16(6-5-7-19(23)34-4)27-13-21(32)28-17-12-15(25)8-9-18(17)31-14-20(26)29-30-31/h5-9,12,14,27H,10-11,13H2,1-4H3,(H,28,32). The van der Waals surface area contributed by atoms with Gasteiger partial charge in [-0.25, -0.2) is 4.68 Å². The third-order valence-electron chi connectivity index (χ3n) is 4.88. The quantitative estimate of drug-likeness (QED) is 0.289. The summed E-state index contributed by atoms with van der Waals surface area (Å²) in [7, 11) is 1.48. The van der Waals surface area contributed by atoms with Gasteiger partial charge in [-0.3, -0.25) is 9.59 Å². The molecule has 0 spiro atoms. The fraction of sp³-hybridized carbons (Fsp3) is 0.333. The Hall–Kier alpha value is -3.30. The molecule has 0 atom stereocenters. The predicted octanol–water partition coefficient (Wildman–Crippen LogP) is 5.37. The molecule has 2 N–H and O–H groups in total. The van der Waals surface area contributed by atoms with Crippen LogP contribution in [-0.2, 0) is 9.59 Å². The Kier molecular flexibility index (Phi) is 8.58. The number of benzene rings is 2. The van der Waals surface area contributed by atoms with E-state index in [0.29, 0.717) is 34.3 Å². The van der Waals surface area contributed by atoms with E-state index in [1.54, 1.807) is 36.4 Å². The van der Waals surface area contributed by atoms with Gasteiger partial charge in [0.05, 0.1) is 36.9 Å². The summed E-state index contributed by atoms with van der Waals surface area (Å²) in [5.74, 6) is -0.151. The molecular formula is C24H27Cl2N5O4. The van der Waals surface area contributed by atoms with Crippen LogP contribution in [0.25, 0.3) is 5.69 Å². The normalized spacial score (nSPS) is 11.1. The average molecular weight is 520 g/mol. The number of nitrogens with one attached hydrogen (secondary N) is 2. The van der Waals surface area contributed by atoms with Crippen LogP contribution in [0.1, 0.15) is 33.6 Å². The van der Waals surface area contributed by atoms with Crippen LogP contribution < -0.4 is 20.1 Å². The lowest BCUT2D eigenvalue weighted by molar-refractivity contribution is -0.135. The van der Waals surface area contributed by atoms with Gasteiger partial charge in [0.2, 0.25) is 5.91 Å². The Balaban J connectivity index is 1.72. The number of rotatable bonds is 9. The van der Waals surface area contributed by atoms with Gasteiger partial charge in [0.15, 0.2) is 16.7 Å². The second-order valence-electron chi connectivity index (χ2n) is 8.92. The number of ether oxygens (including phenoxy) is 2. The van der Waals surface area contributed by atoms with Crippen molar-refractivity contribution in [2.75, 3.05) is 24.3 Å². The van der Waals surface area contributed by atoms with Crippen LogP contribution >= 0.6 is 23.2 Å². The van der Waals surface area contributed by atoms with E-state index >= 15 is 0 Å². The second-order valence-corrected chi connectivity index (χ2v) is 9.74. The summed E-state index contributed by atoms with van der Waals surface area (Å²) in [5.41, 5.74) is 1.40. The second kappa shape index (κ2) is 11.4. The Labute approximate surface area is 213 Å². The number of methoxy groups -OCH3 is 1. The van der Waals surface area contributed by atoms with Gasteiger partial charge in [-0.15, -0.1) is 5.10 Å². The van der Waals surface area contributed by atoms with Crippen molar-refractivity contribution in [1.82, 2.24) is 15.0 Å². The SMILES string of the molecule is COc1cccc(NCC(=O)Nc2cc(Cl)ccc2-n2cc(Cl)nn2)c1OC(=O)CCC(C)(C)C. The zero-order valence-corrected chi connectivity index (χ0v) is 21.4. The van der Waals surface area contributed by atoms with Crippen molar-refractivity contribution in [1.29, 1.82) is 0 Å². The molecule has 9 nitrogen and oxygen atoms in total. The van der Waals surface area contributed by atoms with E-state index in [2.05, 4.69) is 41.7 Å². The van der Waals surface area contributed by atoms with Crippen molar-refractivity contribution in [2.45, 2.75) is 33.6 Å². The van der Waals surface area contributed by atoms with Gasteiger partial charge in [-0.1, -0.05) is 55.3 Å². The molecule has 35 heavy (non-hydrogen) atoms. The summed E-state index contributed by atoms with van der Waals surface area (Å²) in [6, 6.07) is 10.1. The largest absolute Gasteiger partial charge is 0.493 e. The molecule has 186 valence electrons. The van der Waals surface area contributed by atoms with Gasteiger partial charge in [0.25, 0.3) is 0 Å². The number of halogens is 2. The highest BCUT2D eigenvalue weighted by Crippen LogP contribution is 2.36. The number of aromatic nitrogens is 3. The highest BCUT2D eigenvalue weighted by molar-refractivity contribution is 6.31. The van der Waals surface area contributed by atoms with E-state index in [4.69, 9.17) is 32.7 Å². The maximum Gasteiger partial charge on any atom is 0.311 e. The van der Waals surface area contributed by atoms with Crippen LogP contribution in [0.2, 0.25) is 10.2 Å². The summed E-state index contributed by atoms with van der Waals surface area (Å²) in [5, 5.41) is 14.1. The first-order chi connectivity index (χ1) is 16.6.